The van der Waals surface area contributed by atoms with E-state index in [1.165, 1.54) is 18.9 Å². The van der Waals surface area contributed by atoms with Crippen LogP contribution in [0.1, 0.15) is 51.9 Å². The normalized spacial score (nSPS) is 16.7. The van der Waals surface area contributed by atoms with Gasteiger partial charge < -0.3 is 19.9 Å². The minimum atomic E-state index is -0.730. The monoisotopic (exact) mass is 833 g/mol. The van der Waals surface area contributed by atoms with Crippen LogP contribution in [0.2, 0.25) is 10.0 Å². The number of nitrogens with zero attached hydrogens (tertiary/aromatic N) is 6. The van der Waals surface area contributed by atoms with Crippen LogP contribution in [0.15, 0.2) is 65.6 Å². The molecule has 1 unspecified atom stereocenters. The fraction of sp³-hybridized carbons (Fsp3) is 0.390. The van der Waals surface area contributed by atoms with E-state index in [0.29, 0.717) is 93.3 Å². The number of aliphatic hydroxyl groups is 1. The highest BCUT2D eigenvalue weighted by Crippen LogP contribution is 2.43. The zero-order valence-electron chi connectivity index (χ0n) is 32.6. The molecule has 2 aromatic carbocycles. The number of β-amino-alcohol motifs (C(OH)–C–C–N with tert-alkyl or cyclic N) is 1. The average Bonchev–Trinajstić information content (AvgIpc) is 3.77. The highest BCUT2D eigenvalue weighted by molar-refractivity contribution is 7.99. The molecule has 0 spiro atoms. The fourth-order valence-corrected chi connectivity index (χ4v) is 8.81. The molecule has 0 saturated carbocycles. The largest absolute Gasteiger partial charge is 0.481 e. The summed E-state index contributed by atoms with van der Waals surface area (Å²) in [7, 11) is 3.23. The maximum atomic E-state index is 13.4. The Morgan fingerprint density at radius 1 is 1.05 bits per heavy atom. The van der Waals surface area contributed by atoms with Crippen LogP contribution in [-0.2, 0) is 29.7 Å². The summed E-state index contributed by atoms with van der Waals surface area (Å²) in [6, 6.07) is 16.8. The molecule has 2 N–H and O–H groups in total. The van der Waals surface area contributed by atoms with Gasteiger partial charge in [-0.3, -0.25) is 24.0 Å². The van der Waals surface area contributed by atoms with Crippen molar-refractivity contribution in [1.82, 2.24) is 34.3 Å². The van der Waals surface area contributed by atoms with E-state index in [1.807, 2.05) is 74.2 Å². The van der Waals surface area contributed by atoms with Gasteiger partial charge in [-0.1, -0.05) is 59.6 Å². The standard InChI is InChI=1S/C41H45Cl2N7O6S/c1-40(2,3)56-39(53)49(23-57-34-16-15-33(51)45-34)18-24-13-14-30(44-37(24)55-6)29-12-8-11-28(36(29)43)27-10-7-9-26(35(27)42)25-17-31-38(52)47(5)32(46-50(31)19-25)20-48-21-41(4,54)22-48/h7-14,17,19,34,54H,15-16,18,20-23H2,1-6H3,(H,45,51). The predicted octanol–water partition coefficient (Wildman–Crippen LogP) is 6.97. The summed E-state index contributed by atoms with van der Waals surface area (Å²) in [5.41, 5.74) is 3.45. The van der Waals surface area contributed by atoms with Crippen LogP contribution in [0.4, 0.5) is 4.79 Å². The molecule has 0 bridgehead atoms. The number of ether oxygens (including phenoxy) is 2. The SMILES string of the molecule is COc1nc(-c2cccc(-c3cccc(-c4cc5c(=O)n(C)c(CN6CC(C)(O)C6)nn5c4)c3Cl)c2Cl)ccc1CN(CSC1CCC(=O)N1)C(=O)OC(C)(C)C. The van der Waals surface area contributed by atoms with E-state index in [4.69, 9.17) is 42.8 Å². The van der Waals surface area contributed by atoms with Gasteiger partial charge in [0.15, 0.2) is 0 Å². The summed E-state index contributed by atoms with van der Waals surface area (Å²) in [6.07, 6.45) is 2.45. The van der Waals surface area contributed by atoms with E-state index in [1.54, 1.807) is 40.2 Å². The quantitative estimate of drug-likeness (QED) is 0.134. The van der Waals surface area contributed by atoms with E-state index < -0.39 is 17.3 Å². The van der Waals surface area contributed by atoms with Gasteiger partial charge in [0.1, 0.15) is 16.9 Å². The number of benzene rings is 2. The summed E-state index contributed by atoms with van der Waals surface area (Å²) in [5, 5.41) is 18.6. The molecule has 7 rings (SSSR count). The Bertz CT molecular complexity index is 2420. The first kappa shape index (κ1) is 40.6. The number of likely N-dealkylation sites (tertiary alicyclic amines) is 1. The van der Waals surface area contributed by atoms with Crippen LogP contribution >= 0.6 is 35.0 Å². The van der Waals surface area contributed by atoms with Gasteiger partial charge in [0.25, 0.3) is 5.56 Å². The second kappa shape index (κ2) is 16.0. The number of methoxy groups -OCH3 is 1. The number of halogens is 2. The molecular weight excluding hydrogens is 789 g/mol. The lowest BCUT2D eigenvalue weighted by Gasteiger charge is -2.44. The Kier molecular flexibility index (Phi) is 11.4. The zero-order chi connectivity index (χ0) is 40.8. The molecule has 0 aliphatic carbocycles. The summed E-state index contributed by atoms with van der Waals surface area (Å²) in [5.74, 6) is 1.19. The van der Waals surface area contributed by atoms with Gasteiger partial charge in [-0.25, -0.2) is 14.3 Å². The van der Waals surface area contributed by atoms with Crippen molar-refractivity contribution in [1.29, 1.82) is 0 Å². The van der Waals surface area contributed by atoms with Gasteiger partial charge in [0.05, 0.1) is 52.8 Å². The number of nitrogens with one attached hydrogen (secondary N) is 1. The lowest BCUT2D eigenvalue weighted by Crippen LogP contribution is -2.59. The molecule has 16 heteroatoms. The highest BCUT2D eigenvalue weighted by Gasteiger charge is 2.37. The van der Waals surface area contributed by atoms with Gasteiger partial charge in [-0.05, 0) is 52.3 Å². The Balaban J connectivity index is 1.16. The Morgan fingerprint density at radius 3 is 2.35 bits per heavy atom. The van der Waals surface area contributed by atoms with E-state index in [9.17, 15) is 19.5 Å². The second-order valence-electron chi connectivity index (χ2n) is 15.7. The molecular formula is C41H45Cl2N7O6S. The number of amides is 2. The molecule has 13 nitrogen and oxygen atoms in total. The van der Waals surface area contributed by atoms with Gasteiger partial charge in [-0.15, -0.1) is 11.8 Å². The Labute approximate surface area is 344 Å². The Morgan fingerprint density at radius 2 is 1.72 bits per heavy atom. The van der Waals surface area contributed by atoms with Crippen molar-refractivity contribution in [2.45, 2.75) is 70.2 Å². The van der Waals surface area contributed by atoms with Gasteiger partial charge in [-0.2, -0.15) is 5.10 Å². The molecule has 2 aliphatic heterocycles. The topological polar surface area (TPSA) is 144 Å². The minimum Gasteiger partial charge on any atom is -0.481 e. The predicted molar refractivity (Wildman–Crippen MR) is 222 cm³/mol. The van der Waals surface area contributed by atoms with Crippen LogP contribution < -0.4 is 15.6 Å². The second-order valence-corrected chi connectivity index (χ2v) is 17.7. The van der Waals surface area contributed by atoms with Crippen LogP contribution in [0.25, 0.3) is 39.0 Å². The van der Waals surface area contributed by atoms with Crippen LogP contribution in [0.5, 0.6) is 5.88 Å². The highest BCUT2D eigenvalue weighted by atomic mass is 35.5. The van der Waals surface area contributed by atoms with Gasteiger partial charge >= 0.3 is 6.09 Å². The third-order valence-electron chi connectivity index (χ3n) is 9.84. The molecule has 5 aromatic rings. The Hall–Kier alpha value is -4.60. The number of rotatable bonds is 11. The molecule has 2 amide bonds. The first-order valence-electron chi connectivity index (χ1n) is 18.5. The van der Waals surface area contributed by atoms with Gasteiger partial charge in [0.2, 0.25) is 11.8 Å². The van der Waals surface area contributed by atoms with E-state index in [-0.39, 0.29) is 29.3 Å². The van der Waals surface area contributed by atoms with Crippen molar-refractivity contribution in [2.24, 2.45) is 7.05 Å². The smallest absolute Gasteiger partial charge is 0.411 e. The molecule has 2 saturated heterocycles. The van der Waals surface area contributed by atoms with E-state index >= 15 is 0 Å². The van der Waals surface area contributed by atoms with Crippen LogP contribution in [0, 0.1) is 0 Å². The summed E-state index contributed by atoms with van der Waals surface area (Å²) in [6.45, 7) is 8.85. The summed E-state index contributed by atoms with van der Waals surface area (Å²) in [4.78, 5) is 46.9. The number of aromatic nitrogens is 4. The first-order valence-corrected chi connectivity index (χ1v) is 20.3. The first-order chi connectivity index (χ1) is 27.0. The molecule has 5 heterocycles. The zero-order valence-corrected chi connectivity index (χ0v) is 35.0. The molecule has 3 aromatic heterocycles. The summed E-state index contributed by atoms with van der Waals surface area (Å²) < 4.78 is 14.6. The maximum Gasteiger partial charge on any atom is 0.411 e. The van der Waals surface area contributed by atoms with Crippen LogP contribution in [0.3, 0.4) is 0 Å². The molecule has 57 heavy (non-hydrogen) atoms. The van der Waals surface area contributed by atoms with Crippen molar-refractivity contribution in [2.75, 3.05) is 26.1 Å². The molecule has 2 fully saturated rings. The number of hydrogen-bond donors (Lipinski definition) is 2. The molecule has 300 valence electrons. The van der Waals surface area contributed by atoms with E-state index in [0.717, 1.165) is 5.56 Å². The number of carbonyl (C=O) groups is 2. The molecule has 2 aliphatic rings. The third-order valence-corrected chi connectivity index (χ3v) is 11.9. The lowest BCUT2D eigenvalue weighted by atomic mass is 9.97. The number of thioether (sulfide) groups is 1. The number of pyridine rings is 1. The van der Waals surface area contributed by atoms with Crippen molar-refractivity contribution in [3.63, 3.8) is 0 Å². The number of hydrogen-bond acceptors (Lipinski definition) is 10. The average molecular weight is 835 g/mol. The van der Waals surface area contributed by atoms with Crippen molar-refractivity contribution in [3.05, 3.63) is 92.6 Å². The maximum absolute atomic E-state index is 13.4. The minimum absolute atomic E-state index is 0.000783. The van der Waals surface area contributed by atoms with E-state index in [2.05, 4.69) is 5.32 Å². The van der Waals surface area contributed by atoms with Crippen LogP contribution in [-0.4, -0.2) is 88.7 Å². The molecule has 0 radical (unpaired) electrons. The number of carbonyl (C=O) groups excluding carboxylic acids is 2. The fourth-order valence-electron chi connectivity index (χ4n) is 7.09. The third kappa shape index (κ3) is 8.80. The van der Waals surface area contributed by atoms with Crippen molar-refractivity contribution in [3.8, 4) is 39.4 Å². The summed E-state index contributed by atoms with van der Waals surface area (Å²) >= 11 is 15.8. The lowest BCUT2D eigenvalue weighted by molar-refractivity contribution is -0.119. The number of fused-ring (bicyclic) bond motifs is 1. The van der Waals surface area contributed by atoms with Crippen molar-refractivity contribution >= 4 is 52.5 Å². The van der Waals surface area contributed by atoms with Crippen molar-refractivity contribution < 1.29 is 24.2 Å². The van der Waals surface area contributed by atoms with Gasteiger partial charge in [0, 0.05) is 66.1 Å². The molecule has 1 atom stereocenters.